The summed E-state index contributed by atoms with van der Waals surface area (Å²) in [6, 6.07) is 11.1. The first-order chi connectivity index (χ1) is 10.1. The molecule has 0 aliphatic heterocycles. The highest BCUT2D eigenvalue weighted by Gasteiger charge is 2.27. The number of nitrogens with one attached hydrogen (secondary N) is 1. The summed E-state index contributed by atoms with van der Waals surface area (Å²) in [7, 11) is 2.05. The lowest BCUT2D eigenvalue weighted by Gasteiger charge is -2.30. The fourth-order valence-electron chi connectivity index (χ4n) is 2.48. The maximum atomic E-state index is 4.47. The quantitative estimate of drug-likeness (QED) is 0.787. The SMILES string of the molecule is CCNC(c1ccccc1)C(Sc1nccn1C)C(C)C. The van der Waals surface area contributed by atoms with E-state index in [9.17, 15) is 0 Å². The molecule has 0 aliphatic carbocycles. The van der Waals surface area contributed by atoms with E-state index in [4.69, 9.17) is 0 Å². The van der Waals surface area contributed by atoms with Crippen molar-refractivity contribution in [1.82, 2.24) is 14.9 Å². The number of aryl methyl sites for hydroxylation is 1. The van der Waals surface area contributed by atoms with E-state index < -0.39 is 0 Å². The molecule has 114 valence electrons. The van der Waals surface area contributed by atoms with E-state index in [1.165, 1.54) is 5.56 Å². The molecule has 1 aromatic heterocycles. The van der Waals surface area contributed by atoms with E-state index in [1.54, 1.807) is 0 Å². The number of rotatable bonds is 7. The maximum Gasteiger partial charge on any atom is 0.168 e. The van der Waals surface area contributed by atoms with Crippen LogP contribution in [0.5, 0.6) is 0 Å². The minimum absolute atomic E-state index is 0.331. The third kappa shape index (κ3) is 4.11. The summed E-state index contributed by atoms with van der Waals surface area (Å²) in [5.74, 6) is 0.552. The lowest BCUT2D eigenvalue weighted by molar-refractivity contribution is 0.452. The molecule has 1 heterocycles. The number of benzene rings is 1. The highest BCUT2D eigenvalue weighted by molar-refractivity contribution is 7.99. The minimum atomic E-state index is 0.331. The largest absolute Gasteiger partial charge is 0.329 e. The van der Waals surface area contributed by atoms with Crippen molar-refractivity contribution in [3.63, 3.8) is 0 Å². The Kier molecular flexibility index (Phi) is 5.88. The minimum Gasteiger partial charge on any atom is -0.329 e. The van der Waals surface area contributed by atoms with E-state index in [1.807, 2.05) is 24.2 Å². The van der Waals surface area contributed by atoms with Gasteiger partial charge in [-0.05, 0) is 18.0 Å². The molecule has 1 aromatic carbocycles. The molecule has 0 saturated carbocycles. The number of nitrogens with zero attached hydrogens (tertiary/aromatic N) is 2. The van der Waals surface area contributed by atoms with Gasteiger partial charge >= 0.3 is 0 Å². The Hall–Kier alpha value is -1.26. The van der Waals surface area contributed by atoms with Gasteiger partial charge < -0.3 is 9.88 Å². The van der Waals surface area contributed by atoms with Crippen LogP contribution < -0.4 is 5.32 Å². The standard InChI is InChI=1S/C17H25N3S/c1-5-18-15(14-9-7-6-8-10-14)16(13(2)3)21-17-19-11-12-20(17)4/h6-13,15-16,18H,5H2,1-4H3. The second-order valence-electron chi connectivity index (χ2n) is 5.59. The monoisotopic (exact) mass is 303 g/mol. The molecule has 3 nitrogen and oxygen atoms in total. The number of aromatic nitrogens is 2. The average Bonchev–Trinajstić information content (AvgIpc) is 2.88. The van der Waals surface area contributed by atoms with Crippen LogP contribution in [0.1, 0.15) is 32.4 Å². The molecule has 0 bridgehead atoms. The Morgan fingerprint density at radius 1 is 1.24 bits per heavy atom. The molecule has 0 saturated heterocycles. The first kappa shape index (κ1) is 16.1. The van der Waals surface area contributed by atoms with Crippen molar-refractivity contribution in [2.45, 2.75) is 37.2 Å². The first-order valence-corrected chi connectivity index (χ1v) is 8.43. The summed E-state index contributed by atoms with van der Waals surface area (Å²) >= 11 is 1.86. The van der Waals surface area contributed by atoms with Gasteiger partial charge in [0.25, 0.3) is 0 Å². The zero-order valence-corrected chi connectivity index (χ0v) is 14.1. The third-order valence-electron chi connectivity index (χ3n) is 3.59. The molecule has 2 atom stereocenters. The summed E-state index contributed by atoms with van der Waals surface area (Å²) in [6.07, 6.45) is 3.87. The topological polar surface area (TPSA) is 29.9 Å². The normalized spacial score (nSPS) is 14.3. The summed E-state index contributed by atoms with van der Waals surface area (Å²) in [4.78, 5) is 4.47. The number of imidazole rings is 1. The molecule has 2 rings (SSSR count). The van der Waals surface area contributed by atoms with Crippen LogP contribution in [-0.4, -0.2) is 21.3 Å². The van der Waals surface area contributed by atoms with Gasteiger partial charge in [0.15, 0.2) is 5.16 Å². The highest BCUT2D eigenvalue weighted by Crippen LogP contribution is 2.35. The zero-order valence-electron chi connectivity index (χ0n) is 13.3. The van der Waals surface area contributed by atoms with Gasteiger partial charge in [-0.25, -0.2) is 4.98 Å². The molecule has 0 spiro atoms. The van der Waals surface area contributed by atoms with Crippen molar-refractivity contribution in [2.24, 2.45) is 13.0 Å². The lowest BCUT2D eigenvalue weighted by Crippen LogP contribution is -2.33. The van der Waals surface area contributed by atoms with Crippen LogP contribution in [0, 0.1) is 5.92 Å². The number of hydrogen-bond donors (Lipinski definition) is 1. The van der Waals surface area contributed by atoms with Crippen LogP contribution >= 0.6 is 11.8 Å². The Balaban J connectivity index is 2.27. The van der Waals surface area contributed by atoms with E-state index in [0.717, 1.165) is 11.7 Å². The smallest absolute Gasteiger partial charge is 0.168 e. The van der Waals surface area contributed by atoms with Gasteiger partial charge in [0.1, 0.15) is 0 Å². The molecule has 4 heteroatoms. The summed E-state index contributed by atoms with van der Waals surface area (Å²) in [5, 5.41) is 5.17. The molecular formula is C17H25N3S. The van der Waals surface area contributed by atoms with Gasteiger partial charge in [-0.2, -0.15) is 0 Å². The molecule has 2 unspecified atom stereocenters. The predicted octanol–water partition coefficient (Wildman–Crippen LogP) is 3.89. The van der Waals surface area contributed by atoms with Crippen molar-refractivity contribution < 1.29 is 0 Å². The second-order valence-corrected chi connectivity index (χ2v) is 6.74. The summed E-state index contributed by atoms with van der Waals surface area (Å²) < 4.78 is 2.09. The molecular weight excluding hydrogens is 278 g/mol. The molecule has 0 amide bonds. The first-order valence-electron chi connectivity index (χ1n) is 7.55. The maximum absolute atomic E-state index is 4.47. The van der Waals surface area contributed by atoms with Crippen molar-refractivity contribution >= 4 is 11.8 Å². The van der Waals surface area contributed by atoms with E-state index in [0.29, 0.717) is 17.2 Å². The van der Waals surface area contributed by atoms with Gasteiger partial charge in [-0.15, -0.1) is 0 Å². The van der Waals surface area contributed by atoms with Gasteiger partial charge in [0.05, 0.1) is 0 Å². The van der Waals surface area contributed by atoms with Gasteiger partial charge in [0, 0.05) is 30.7 Å². The number of thioether (sulfide) groups is 1. The molecule has 0 fully saturated rings. The van der Waals surface area contributed by atoms with E-state index >= 15 is 0 Å². The van der Waals surface area contributed by atoms with E-state index in [2.05, 4.69) is 73.0 Å². The Labute approximate surface area is 132 Å². The number of hydrogen-bond acceptors (Lipinski definition) is 3. The van der Waals surface area contributed by atoms with Crippen molar-refractivity contribution in [2.75, 3.05) is 6.54 Å². The second kappa shape index (κ2) is 7.66. The van der Waals surface area contributed by atoms with Crippen LogP contribution in [-0.2, 0) is 7.05 Å². The van der Waals surface area contributed by atoms with Gasteiger partial charge in [-0.3, -0.25) is 0 Å². The Morgan fingerprint density at radius 2 is 1.95 bits per heavy atom. The van der Waals surface area contributed by atoms with Crippen molar-refractivity contribution in [3.8, 4) is 0 Å². The van der Waals surface area contributed by atoms with E-state index in [-0.39, 0.29) is 0 Å². The highest BCUT2D eigenvalue weighted by atomic mass is 32.2. The third-order valence-corrected chi connectivity index (χ3v) is 5.28. The molecule has 0 radical (unpaired) electrons. The molecule has 21 heavy (non-hydrogen) atoms. The fraction of sp³-hybridized carbons (Fsp3) is 0.471. The molecule has 1 N–H and O–H groups in total. The lowest BCUT2D eigenvalue weighted by atomic mass is 9.96. The van der Waals surface area contributed by atoms with Crippen LogP contribution in [0.3, 0.4) is 0 Å². The summed E-state index contributed by atoms with van der Waals surface area (Å²) in [5.41, 5.74) is 1.35. The van der Waals surface area contributed by atoms with Crippen molar-refractivity contribution in [3.05, 3.63) is 48.3 Å². The van der Waals surface area contributed by atoms with Crippen molar-refractivity contribution in [1.29, 1.82) is 0 Å². The zero-order chi connectivity index (χ0) is 15.2. The van der Waals surface area contributed by atoms with Crippen LogP contribution in [0.4, 0.5) is 0 Å². The Morgan fingerprint density at radius 3 is 2.48 bits per heavy atom. The predicted molar refractivity (Wildman–Crippen MR) is 90.6 cm³/mol. The van der Waals surface area contributed by atoms with Gasteiger partial charge in [0.2, 0.25) is 0 Å². The summed E-state index contributed by atoms with van der Waals surface area (Å²) in [6.45, 7) is 7.70. The van der Waals surface area contributed by atoms with Crippen LogP contribution in [0.25, 0.3) is 0 Å². The molecule has 0 aliphatic rings. The average molecular weight is 303 g/mol. The van der Waals surface area contributed by atoms with Gasteiger partial charge in [-0.1, -0.05) is 62.9 Å². The van der Waals surface area contributed by atoms with Crippen LogP contribution in [0.15, 0.2) is 47.9 Å². The fourth-order valence-corrected chi connectivity index (χ4v) is 3.73. The Bertz CT molecular complexity index is 536. The molecule has 2 aromatic rings. The van der Waals surface area contributed by atoms with Crippen LogP contribution in [0.2, 0.25) is 0 Å².